The highest BCUT2D eigenvalue weighted by Crippen LogP contribution is 2.50. The number of hydrogen-bond donors (Lipinski definition) is 4. The minimum absolute atomic E-state index is 0.103. The molecular weight excluding hydrogens is 384 g/mol. The van der Waals surface area contributed by atoms with E-state index in [2.05, 4.69) is 0 Å². The highest BCUT2D eigenvalue weighted by Gasteiger charge is 2.49. The summed E-state index contributed by atoms with van der Waals surface area (Å²) < 4.78 is 0. The Bertz CT molecular complexity index is 748. The lowest BCUT2D eigenvalue weighted by Crippen LogP contribution is -2.23. The van der Waals surface area contributed by atoms with Crippen LogP contribution in [0.3, 0.4) is 0 Å². The smallest absolute Gasteiger partial charge is 0.309 e. The summed E-state index contributed by atoms with van der Waals surface area (Å²) in [5.41, 5.74) is 0.171. The van der Waals surface area contributed by atoms with Crippen molar-refractivity contribution >= 4 is 11.9 Å². The number of aliphatic carboxylic acids is 2. The van der Waals surface area contributed by atoms with Gasteiger partial charge in [-0.2, -0.15) is 0 Å². The van der Waals surface area contributed by atoms with Crippen molar-refractivity contribution in [2.45, 2.75) is 90.9 Å². The van der Waals surface area contributed by atoms with Crippen molar-refractivity contribution in [2.75, 3.05) is 0 Å². The van der Waals surface area contributed by atoms with E-state index in [-0.39, 0.29) is 11.5 Å². The first-order valence-electron chi connectivity index (χ1n) is 11.1. The van der Waals surface area contributed by atoms with Gasteiger partial charge in [0, 0.05) is 5.56 Å². The summed E-state index contributed by atoms with van der Waals surface area (Å²) >= 11 is 0. The Kier molecular flexibility index (Phi) is 8.16. The second-order valence-electron chi connectivity index (χ2n) is 9.47. The van der Waals surface area contributed by atoms with Crippen LogP contribution in [0.15, 0.2) is 12.1 Å². The maximum atomic E-state index is 11.2. The molecule has 0 heterocycles. The van der Waals surface area contributed by atoms with Crippen LogP contribution in [0.2, 0.25) is 0 Å². The minimum atomic E-state index is -0.774. The Morgan fingerprint density at radius 3 is 2.17 bits per heavy atom. The van der Waals surface area contributed by atoms with Gasteiger partial charge in [0.2, 0.25) is 0 Å². The van der Waals surface area contributed by atoms with Crippen LogP contribution in [0.4, 0.5) is 0 Å². The number of unbranched alkanes of at least 4 members (excludes halogenated alkanes) is 4. The summed E-state index contributed by atoms with van der Waals surface area (Å²) in [4.78, 5) is 22.4. The summed E-state index contributed by atoms with van der Waals surface area (Å²) in [6.45, 7) is 3.48. The topological polar surface area (TPSA) is 115 Å². The average Bonchev–Trinajstić information content (AvgIpc) is 3.46. The Morgan fingerprint density at radius 1 is 0.933 bits per heavy atom. The lowest BCUT2D eigenvalue weighted by molar-refractivity contribution is -0.147. The van der Waals surface area contributed by atoms with E-state index >= 15 is 0 Å². The molecule has 0 spiro atoms. The fraction of sp³-hybridized carbons (Fsp3) is 0.667. The van der Waals surface area contributed by atoms with Crippen LogP contribution in [0, 0.1) is 10.8 Å². The highest BCUT2D eigenvalue weighted by atomic mass is 16.4. The SMILES string of the molecule is CC(C)(CCCCCCc1c(O)ccc(CCCCC2(C(=O)O)CC2)c1O)C(=O)O. The molecule has 0 amide bonds. The molecule has 4 N–H and O–H groups in total. The number of rotatable bonds is 14. The van der Waals surface area contributed by atoms with Crippen molar-refractivity contribution in [1.29, 1.82) is 0 Å². The number of phenolic OH excluding ortho intramolecular Hbond substituents is 2. The summed E-state index contributed by atoms with van der Waals surface area (Å²) in [5, 5.41) is 39.1. The Morgan fingerprint density at radius 2 is 1.57 bits per heavy atom. The van der Waals surface area contributed by atoms with Crippen LogP contribution in [0.1, 0.15) is 89.2 Å². The number of carboxylic acid groups (broad SMARTS) is 2. The predicted octanol–water partition coefficient (Wildman–Crippen LogP) is 5.28. The van der Waals surface area contributed by atoms with Crippen molar-refractivity contribution < 1.29 is 30.0 Å². The normalized spacial score (nSPS) is 15.1. The largest absolute Gasteiger partial charge is 0.508 e. The lowest BCUT2D eigenvalue weighted by Gasteiger charge is -2.18. The van der Waals surface area contributed by atoms with E-state index in [1.165, 1.54) is 0 Å². The van der Waals surface area contributed by atoms with Crippen LogP contribution in [0.5, 0.6) is 11.5 Å². The summed E-state index contributed by atoms with van der Waals surface area (Å²) in [6, 6.07) is 3.37. The van der Waals surface area contributed by atoms with Gasteiger partial charge in [0.1, 0.15) is 11.5 Å². The lowest BCUT2D eigenvalue weighted by atomic mass is 9.87. The molecular formula is C24H36O6. The van der Waals surface area contributed by atoms with Gasteiger partial charge in [-0.05, 0) is 76.8 Å². The summed E-state index contributed by atoms with van der Waals surface area (Å²) in [7, 11) is 0. The van der Waals surface area contributed by atoms with E-state index in [0.717, 1.165) is 56.9 Å². The number of carbonyl (C=O) groups is 2. The van der Waals surface area contributed by atoms with Crippen LogP contribution in [-0.2, 0) is 22.4 Å². The average molecular weight is 421 g/mol. The summed E-state index contributed by atoms with van der Waals surface area (Å²) in [5.74, 6) is -1.21. The fourth-order valence-corrected chi connectivity index (χ4v) is 3.95. The zero-order valence-electron chi connectivity index (χ0n) is 18.2. The van der Waals surface area contributed by atoms with E-state index in [1.807, 2.05) is 0 Å². The molecule has 0 bridgehead atoms. The van der Waals surface area contributed by atoms with E-state index in [1.54, 1.807) is 26.0 Å². The first-order chi connectivity index (χ1) is 14.1. The maximum Gasteiger partial charge on any atom is 0.309 e. The Hall–Kier alpha value is -2.24. The van der Waals surface area contributed by atoms with Crippen molar-refractivity contribution in [3.8, 4) is 11.5 Å². The van der Waals surface area contributed by atoms with Crippen molar-refractivity contribution in [3.05, 3.63) is 23.3 Å². The van der Waals surface area contributed by atoms with E-state index < -0.39 is 22.8 Å². The molecule has 0 atom stereocenters. The van der Waals surface area contributed by atoms with Crippen LogP contribution in [-0.4, -0.2) is 32.4 Å². The predicted molar refractivity (Wildman–Crippen MR) is 115 cm³/mol. The molecule has 0 aliphatic heterocycles. The highest BCUT2D eigenvalue weighted by molar-refractivity contribution is 5.77. The molecule has 1 aliphatic carbocycles. The number of phenols is 2. The quantitative estimate of drug-likeness (QED) is 0.304. The number of carboxylic acids is 2. The molecule has 2 rings (SSSR count). The van der Waals surface area contributed by atoms with Crippen LogP contribution in [0.25, 0.3) is 0 Å². The zero-order chi connectivity index (χ0) is 22.4. The monoisotopic (exact) mass is 420 g/mol. The van der Waals surface area contributed by atoms with Crippen LogP contribution < -0.4 is 0 Å². The van der Waals surface area contributed by atoms with E-state index in [4.69, 9.17) is 5.11 Å². The molecule has 6 nitrogen and oxygen atoms in total. The maximum absolute atomic E-state index is 11.2. The number of aryl methyl sites for hydroxylation is 1. The standard InChI is InChI=1S/C24H36O6/c1-23(2,21(27)28)13-7-4-3-5-10-18-19(25)12-11-17(20(18)26)9-6-8-14-24(15-16-24)22(29)30/h11-12,25-26H,3-10,13-16H2,1-2H3,(H,27,28)(H,29,30). The van der Waals surface area contributed by atoms with Gasteiger partial charge in [-0.1, -0.05) is 31.7 Å². The molecule has 1 aromatic carbocycles. The second-order valence-corrected chi connectivity index (χ2v) is 9.47. The van der Waals surface area contributed by atoms with Crippen molar-refractivity contribution in [3.63, 3.8) is 0 Å². The van der Waals surface area contributed by atoms with E-state index in [9.17, 15) is 24.9 Å². The molecule has 30 heavy (non-hydrogen) atoms. The van der Waals surface area contributed by atoms with E-state index in [0.29, 0.717) is 31.2 Å². The first kappa shape index (κ1) is 24.0. The molecule has 1 fully saturated rings. The number of benzene rings is 1. The van der Waals surface area contributed by atoms with Gasteiger partial charge in [-0.25, -0.2) is 0 Å². The molecule has 0 unspecified atom stereocenters. The van der Waals surface area contributed by atoms with Gasteiger partial charge in [-0.15, -0.1) is 0 Å². The van der Waals surface area contributed by atoms with Crippen LogP contribution >= 0.6 is 0 Å². The minimum Gasteiger partial charge on any atom is -0.508 e. The molecule has 1 saturated carbocycles. The van der Waals surface area contributed by atoms with Gasteiger partial charge >= 0.3 is 11.9 Å². The Balaban J connectivity index is 1.75. The third-order valence-electron chi connectivity index (χ3n) is 6.56. The number of hydrogen-bond acceptors (Lipinski definition) is 4. The zero-order valence-corrected chi connectivity index (χ0v) is 18.2. The number of aromatic hydroxyl groups is 2. The van der Waals surface area contributed by atoms with Crippen molar-refractivity contribution in [1.82, 2.24) is 0 Å². The molecule has 0 aromatic heterocycles. The first-order valence-corrected chi connectivity index (χ1v) is 11.1. The molecule has 0 radical (unpaired) electrons. The molecule has 0 saturated heterocycles. The van der Waals surface area contributed by atoms with Gasteiger partial charge in [0.25, 0.3) is 0 Å². The molecule has 1 aromatic rings. The molecule has 168 valence electrons. The third kappa shape index (κ3) is 6.38. The van der Waals surface area contributed by atoms with Gasteiger partial charge in [-0.3, -0.25) is 9.59 Å². The van der Waals surface area contributed by atoms with Crippen molar-refractivity contribution in [2.24, 2.45) is 10.8 Å². The Labute approximate surface area is 178 Å². The van der Waals surface area contributed by atoms with Gasteiger partial charge in [0.05, 0.1) is 10.8 Å². The summed E-state index contributed by atoms with van der Waals surface area (Å²) in [6.07, 6.45) is 9.23. The van der Waals surface area contributed by atoms with Gasteiger partial charge < -0.3 is 20.4 Å². The molecule has 6 heteroatoms. The third-order valence-corrected chi connectivity index (χ3v) is 6.56. The second kappa shape index (κ2) is 10.2. The fourth-order valence-electron chi connectivity index (χ4n) is 3.95. The molecule has 1 aliphatic rings. The van der Waals surface area contributed by atoms with Gasteiger partial charge in [0.15, 0.2) is 0 Å².